The van der Waals surface area contributed by atoms with E-state index in [1.54, 1.807) is 29.2 Å². The maximum Gasteiger partial charge on any atom is 0.258 e. The van der Waals surface area contributed by atoms with Gasteiger partial charge < -0.3 is 10.2 Å². The van der Waals surface area contributed by atoms with Gasteiger partial charge in [0.2, 0.25) is 0 Å². The predicted molar refractivity (Wildman–Crippen MR) is 111 cm³/mol. The van der Waals surface area contributed by atoms with Crippen LogP contribution in [0.2, 0.25) is 5.02 Å². The van der Waals surface area contributed by atoms with Crippen LogP contribution in [0.4, 0.5) is 10.1 Å². The lowest BCUT2D eigenvalue weighted by atomic mass is 10.1. The zero-order chi connectivity index (χ0) is 20.4. The molecular weight excluding hydrogens is 391 g/mol. The molecule has 0 aromatic heterocycles. The summed E-state index contributed by atoms with van der Waals surface area (Å²) in [6, 6.07) is 18.2. The molecule has 1 aliphatic heterocycles. The maximum absolute atomic E-state index is 13.1. The molecule has 146 valence electrons. The Balaban J connectivity index is 1.45. The quantitative estimate of drug-likeness (QED) is 0.685. The van der Waals surface area contributed by atoms with Crippen molar-refractivity contribution in [2.24, 2.45) is 0 Å². The van der Waals surface area contributed by atoms with Crippen LogP contribution in [0.3, 0.4) is 0 Å². The molecule has 29 heavy (non-hydrogen) atoms. The van der Waals surface area contributed by atoms with Gasteiger partial charge in [-0.2, -0.15) is 0 Å². The minimum atomic E-state index is -0.368. The summed E-state index contributed by atoms with van der Waals surface area (Å²) in [6.07, 6.45) is 0.734. The van der Waals surface area contributed by atoms with E-state index >= 15 is 0 Å². The van der Waals surface area contributed by atoms with Crippen LogP contribution in [-0.2, 0) is 13.0 Å². The molecular formula is C23H18ClFN2O2. The smallest absolute Gasteiger partial charge is 0.258 e. The largest absolute Gasteiger partial charge is 0.348 e. The Bertz CT molecular complexity index is 1080. The lowest BCUT2D eigenvalue weighted by Crippen LogP contribution is -2.28. The predicted octanol–water partition coefficient (Wildman–Crippen LogP) is 4.61. The number of rotatable bonds is 4. The van der Waals surface area contributed by atoms with Crippen LogP contribution >= 0.6 is 11.6 Å². The number of amides is 2. The molecule has 0 spiro atoms. The van der Waals surface area contributed by atoms with Crippen molar-refractivity contribution in [1.29, 1.82) is 0 Å². The molecule has 3 aromatic carbocycles. The number of carbonyl (C=O) groups is 2. The van der Waals surface area contributed by atoms with E-state index in [4.69, 9.17) is 11.6 Å². The van der Waals surface area contributed by atoms with Gasteiger partial charge in [0.15, 0.2) is 0 Å². The van der Waals surface area contributed by atoms with Gasteiger partial charge in [0, 0.05) is 34.9 Å². The summed E-state index contributed by atoms with van der Waals surface area (Å²) in [4.78, 5) is 26.7. The Morgan fingerprint density at radius 1 is 1.00 bits per heavy atom. The highest BCUT2D eigenvalue weighted by Crippen LogP contribution is 2.30. The van der Waals surface area contributed by atoms with Gasteiger partial charge in [0.05, 0.1) is 0 Å². The van der Waals surface area contributed by atoms with E-state index in [9.17, 15) is 14.0 Å². The van der Waals surface area contributed by atoms with E-state index < -0.39 is 0 Å². The van der Waals surface area contributed by atoms with Crippen LogP contribution in [-0.4, -0.2) is 18.4 Å². The van der Waals surface area contributed by atoms with E-state index in [0.717, 1.165) is 23.2 Å². The number of nitrogens with one attached hydrogen (secondary N) is 1. The number of anilines is 1. The van der Waals surface area contributed by atoms with Gasteiger partial charge in [-0.25, -0.2) is 4.39 Å². The number of benzene rings is 3. The zero-order valence-corrected chi connectivity index (χ0v) is 16.2. The minimum absolute atomic E-state index is 0.147. The van der Waals surface area contributed by atoms with Gasteiger partial charge in [-0.3, -0.25) is 9.59 Å². The molecule has 1 heterocycles. The molecule has 0 fully saturated rings. The monoisotopic (exact) mass is 408 g/mol. The van der Waals surface area contributed by atoms with Gasteiger partial charge in [0.1, 0.15) is 5.82 Å². The van der Waals surface area contributed by atoms with Gasteiger partial charge >= 0.3 is 0 Å². The average molecular weight is 409 g/mol. The maximum atomic E-state index is 13.1. The molecule has 2 amide bonds. The first-order valence-corrected chi connectivity index (χ1v) is 9.62. The standard InChI is InChI=1S/C23H18ClFN2O2/c24-19-3-1-2-18(13-19)22(28)26-14-15-4-9-21-17(12-15)10-11-27(21)23(29)16-5-7-20(25)8-6-16/h1-9,12-13H,10-11,14H2,(H,26,28). The molecule has 0 unspecified atom stereocenters. The third-order valence-corrected chi connectivity index (χ3v) is 5.15. The highest BCUT2D eigenvalue weighted by Gasteiger charge is 2.25. The highest BCUT2D eigenvalue weighted by molar-refractivity contribution is 6.30. The molecule has 1 aliphatic rings. The first-order chi connectivity index (χ1) is 14.0. The first kappa shape index (κ1) is 19.2. The third-order valence-electron chi connectivity index (χ3n) is 4.92. The van der Waals surface area contributed by atoms with E-state index in [-0.39, 0.29) is 17.6 Å². The van der Waals surface area contributed by atoms with Crippen molar-refractivity contribution >= 4 is 29.1 Å². The van der Waals surface area contributed by atoms with Crippen LogP contribution in [0.25, 0.3) is 0 Å². The minimum Gasteiger partial charge on any atom is -0.348 e. The third kappa shape index (κ3) is 4.15. The number of carbonyl (C=O) groups excluding carboxylic acids is 2. The van der Waals surface area contributed by atoms with E-state index in [1.807, 2.05) is 18.2 Å². The Morgan fingerprint density at radius 2 is 1.79 bits per heavy atom. The van der Waals surface area contributed by atoms with Crippen LogP contribution in [0, 0.1) is 5.82 Å². The van der Waals surface area contributed by atoms with Gasteiger partial charge in [0.25, 0.3) is 11.8 Å². The van der Waals surface area contributed by atoms with E-state index in [0.29, 0.717) is 29.2 Å². The fourth-order valence-corrected chi connectivity index (χ4v) is 3.63. The molecule has 0 saturated carbocycles. The number of hydrogen-bond acceptors (Lipinski definition) is 2. The van der Waals surface area contributed by atoms with Crippen LogP contribution in [0.5, 0.6) is 0 Å². The fraction of sp³-hybridized carbons (Fsp3) is 0.130. The van der Waals surface area contributed by atoms with Crippen LogP contribution in [0.1, 0.15) is 31.8 Å². The normalized spacial score (nSPS) is 12.6. The van der Waals surface area contributed by atoms with Crippen molar-refractivity contribution in [2.75, 3.05) is 11.4 Å². The Labute approximate surface area is 172 Å². The lowest BCUT2D eigenvalue weighted by molar-refractivity contribution is 0.0949. The van der Waals surface area contributed by atoms with Gasteiger partial charge in [-0.1, -0.05) is 29.8 Å². The Kier molecular flexibility index (Phi) is 5.32. The molecule has 4 nitrogen and oxygen atoms in total. The van der Waals surface area contributed by atoms with E-state index in [2.05, 4.69) is 5.32 Å². The summed E-state index contributed by atoms with van der Waals surface area (Å²) >= 11 is 5.93. The summed E-state index contributed by atoms with van der Waals surface area (Å²) in [6.45, 7) is 0.953. The van der Waals surface area contributed by atoms with Crippen molar-refractivity contribution in [3.8, 4) is 0 Å². The lowest BCUT2D eigenvalue weighted by Gasteiger charge is -2.18. The number of hydrogen-bond donors (Lipinski definition) is 1. The van der Waals surface area contributed by atoms with Crippen LogP contribution in [0.15, 0.2) is 66.7 Å². The van der Waals surface area contributed by atoms with Crippen molar-refractivity contribution in [1.82, 2.24) is 5.32 Å². The number of halogens is 2. The second-order valence-corrected chi connectivity index (χ2v) is 7.31. The molecule has 4 rings (SSSR count). The Morgan fingerprint density at radius 3 is 2.55 bits per heavy atom. The van der Waals surface area contributed by atoms with Gasteiger partial charge in [-0.15, -0.1) is 0 Å². The fourth-order valence-electron chi connectivity index (χ4n) is 3.44. The second-order valence-electron chi connectivity index (χ2n) is 6.87. The Hall–Kier alpha value is -3.18. The summed E-state index contributed by atoms with van der Waals surface area (Å²) < 4.78 is 13.1. The molecule has 3 aromatic rings. The topological polar surface area (TPSA) is 49.4 Å². The molecule has 6 heteroatoms. The van der Waals surface area contributed by atoms with E-state index in [1.165, 1.54) is 24.3 Å². The summed E-state index contributed by atoms with van der Waals surface area (Å²) in [7, 11) is 0. The molecule has 0 atom stereocenters. The number of nitrogens with zero attached hydrogens (tertiary/aromatic N) is 1. The summed E-state index contributed by atoms with van der Waals surface area (Å²) in [5, 5.41) is 3.40. The average Bonchev–Trinajstić information content (AvgIpc) is 3.15. The summed E-state index contributed by atoms with van der Waals surface area (Å²) in [5.74, 6) is -0.709. The van der Waals surface area contributed by atoms with Crippen molar-refractivity contribution in [2.45, 2.75) is 13.0 Å². The SMILES string of the molecule is O=C(NCc1ccc2c(c1)CCN2C(=O)c1ccc(F)cc1)c1cccc(Cl)c1. The first-order valence-electron chi connectivity index (χ1n) is 9.24. The molecule has 0 radical (unpaired) electrons. The molecule has 1 N–H and O–H groups in total. The molecule has 0 saturated heterocycles. The van der Waals surface area contributed by atoms with Crippen molar-refractivity contribution < 1.29 is 14.0 Å². The van der Waals surface area contributed by atoms with Crippen molar-refractivity contribution in [3.63, 3.8) is 0 Å². The highest BCUT2D eigenvalue weighted by atomic mass is 35.5. The van der Waals surface area contributed by atoms with Crippen molar-refractivity contribution in [3.05, 3.63) is 99.8 Å². The number of fused-ring (bicyclic) bond motifs is 1. The van der Waals surface area contributed by atoms with Crippen LogP contribution < -0.4 is 10.2 Å². The second kappa shape index (κ2) is 8.05. The summed E-state index contributed by atoms with van der Waals surface area (Å²) in [5.41, 5.74) is 3.82. The molecule has 0 aliphatic carbocycles. The van der Waals surface area contributed by atoms with Gasteiger partial charge in [-0.05, 0) is 66.1 Å². The molecule has 0 bridgehead atoms. The zero-order valence-electron chi connectivity index (χ0n) is 15.5.